The number of aryl methyl sites for hydroxylation is 2. The van der Waals surface area contributed by atoms with Crippen LogP contribution >= 0.6 is 0 Å². The fourth-order valence-electron chi connectivity index (χ4n) is 4.87. The van der Waals surface area contributed by atoms with Crippen molar-refractivity contribution >= 4 is 22.7 Å². The summed E-state index contributed by atoms with van der Waals surface area (Å²) in [5, 5.41) is 11.4. The summed E-state index contributed by atoms with van der Waals surface area (Å²) in [5.74, 6) is -0.390. The van der Waals surface area contributed by atoms with Gasteiger partial charge in [0.2, 0.25) is 0 Å². The lowest BCUT2D eigenvalue weighted by molar-refractivity contribution is -0.274. The van der Waals surface area contributed by atoms with E-state index in [2.05, 4.69) is 38.6 Å². The van der Waals surface area contributed by atoms with Crippen molar-refractivity contribution in [2.45, 2.75) is 49.1 Å². The normalized spacial score (nSPS) is 20.5. The van der Waals surface area contributed by atoms with Crippen molar-refractivity contribution < 1.29 is 27.6 Å². The molecule has 0 saturated heterocycles. The minimum absolute atomic E-state index is 0.269. The molecule has 9 heteroatoms. The van der Waals surface area contributed by atoms with Crippen molar-refractivity contribution in [1.82, 2.24) is 4.72 Å². The summed E-state index contributed by atoms with van der Waals surface area (Å²) in [6.07, 6.45) is -0.761. The molecule has 0 saturated carbocycles. The van der Waals surface area contributed by atoms with E-state index >= 15 is 0 Å². The van der Waals surface area contributed by atoms with E-state index in [4.69, 9.17) is 0 Å². The highest BCUT2D eigenvalue weighted by Crippen LogP contribution is 2.40. The third-order valence-electron chi connectivity index (χ3n) is 6.49. The molecule has 2 N–H and O–H groups in total. The van der Waals surface area contributed by atoms with Crippen LogP contribution in [0.3, 0.4) is 0 Å². The van der Waals surface area contributed by atoms with Gasteiger partial charge in [0, 0.05) is 11.4 Å². The molecular weight excluding hydrogens is 489 g/mol. The molecule has 2 aliphatic rings. The molecule has 188 valence electrons. The minimum atomic E-state index is -4.80. The number of para-hydroxylation sites is 2. The van der Waals surface area contributed by atoms with Crippen LogP contribution < -0.4 is 14.4 Å². The Hall–Kier alpha value is -3.14. The predicted octanol–water partition coefficient (Wildman–Crippen LogP) is 5.54. The number of rotatable bonds is 5. The number of aliphatic hydroxyl groups excluding tert-OH is 1. The van der Waals surface area contributed by atoms with Crippen molar-refractivity contribution in [1.29, 1.82) is 0 Å². The molecule has 0 spiro atoms. The highest BCUT2D eigenvalue weighted by Gasteiger charge is 2.36. The number of allylic oxidation sites excluding steroid dienone is 1. The van der Waals surface area contributed by atoms with Crippen LogP contribution in [0.4, 0.5) is 24.5 Å². The molecule has 3 aromatic carbocycles. The molecule has 0 bridgehead atoms. The Bertz CT molecular complexity index is 1200. The van der Waals surface area contributed by atoms with Gasteiger partial charge in [0.15, 0.2) is 4.90 Å². The zero-order chi connectivity index (χ0) is 25.3. The van der Waals surface area contributed by atoms with Gasteiger partial charge in [-0.25, -0.2) is 4.72 Å². The molecule has 1 heterocycles. The topological polar surface area (TPSA) is 67.8 Å². The van der Waals surface area contributed by atoms with E-state index in [1.165, 1.54) is 23.3 Å². The number of benzene rings is 3. The predicted molar refractivity (Wildman–Crippen MR) is 132 cm³/mol. The third kappa shape index (κ3) is 5.18. The summed E-state index contributed by atoms with van der Waals surface area (Å²) in [7, 11) is 0. The Morgan fingerprint density at radius 1 is 0.917 bits per heavy atom. The van der Waals surface area contributed by atoms with E-state index in [1.54, 1.807) is 0 Å². The number of nitrogens with zero attached hydrogens (tertiary/aromatic N) is 1. The van der Waals surface area contributed by atoms with Crippen molar-refractivity contribution in [3.8, 4) is 5.75 Å². The molecule has 0 aromatic heterocycles. The quantitative estimate of drug-likeness (QED) is 0.438. The first-order valence-electron chi connectivity index (χ1n) is 11.7. The van der Waals surface area contributed by atoms with Crippen LogP contribution in [-0.4, -0.2) is 28.2 Å². The Morgan fingerprint density at radius 3 is 2.08 bits per heavy atom. The molecule has 0 fully saturated rings. The fourth-order valence-corrected chi connectivity index (χ4v) is 5.79. The second kappa shape index (κ2) is 10.1. The van der Waals surface area contributed by atoms with Gasteiger partial charge in [0.25, 0.3) is 0 Å². The monoisotopic (exact) mass is 514 g/mol. The molecule has 0 radical (unpaired) electrons. The van der Waals surface area contributed by atoms with Crippen molar-refractivity contribution in [2.24, 2.45) is 0 Å². The lowest BCUT2D eigenvalue weighted by Gasteiger charge is -2.40. The van der Waals surface area contributed by atoms with Crippen LogP contribution in [0.2, 0.25) is 0 Å². The lowest BCUT2D eigenvalue weighted by Crippen LogP contribution is -2.47. The van der Waals surface area contributed by atoms with Gasteiger partial charge in [-0.05, 0) is 73.2 Å². The number of fused-ring (bicyclic) bond motifs is 2. The third-order valence-corrected chi connectivity index (χ3v) is 7.61. The summed E-state index contributed by atoms with van der Waals surface area (Å²) in [4.78, 5) is 2.47. The Morgan fingerprint density at radius 2 is 1.50 bits per heavy atom. The minimum Gasteiger partial charge on any atom is -0.588 e. The smallest absolute Gasteiger partial charge is 0.573 e. The average Bonchev–Trinajstić information content (AvgIpc) is 3.02. The zero-order valence-corrected chi connectivity index (χ0v) is 20.1. The molecular formula is C27H25F3N2O3S. The van der Waals surface area contributed by atoms with E-state index in [1.807, 2.05) is 30.3 Å². The Labute approximate surface area is 210 Å². The van der Waals surface area contributed by atoms with Gasteiger partial charge in [0.05, 0.1) is 11.7 Å². The molecule has 3 atom stereocenters. The number of aliphatic hydroxyl groups is 1. The van der Waals surface area contributed by atoms with Gasteiger partial charge >= 0.3 is 6.36 Å². The van der Waals surface area contributed by atoms with Crippen LogP contribution in [-0.2, 0) is 24.2 Å². The molecule has 1 aliphatic heterocycles. The van der Waals surface area contributed by atoms with Gasteiger partial charge in [-0.3, -0.25) is 0 Å². The number of nitrogens with one attached hydrogen (secondary N) is 1. The van der Waals surface area contributed by atoms with Crippen LogP contribution in [0.5, 0.6) is 5.75 Å². The van der Waals surface area contributed by atoms with Crippen LogP contribution in [0.15, 0.2) is 89.5 Å². The first-order chi connectivity index (χ1) is 17.3. The number of halogens is 3. The van der Waals surface area contributed by atoms with Crippen molar-refractivity contribution in [2.75, 3.05) is 4.90 Å². The molecule has 1 aliphatic carbocycles. The van der Waals surface area contributed by atoms with E-state index in [9.17, 15) is 22.8 Å². The highest BCUT2D eigenvalue weighted by molar-refractivity contribution is 7.89. The zero-order valence-electron chi connectivity index (χ0n) is 19.2. The maximum Gasteiger partial charge on any atom is 0.573 e. The van der Waals surface area contributed by atoms with E-state index in [-0.39, 0.29) is 10.9 Å². The highest BCUT2D eigenvalue weighted by atomic mass is 32.2. The number of hydrogen-bond donors (Lipinski definition) is 2. The number of hydrogen-bond acceptors (Lipinski definition) is 5. The summed E-state index contributed by atoms with van der Waals surface area (Å²) >= 11 is -1.78. The van der Waals surface area contributed by atoms with Gasteiger partial charge in [-0.15, -0.1) is 13.2 Å². The van der Waals surface area contributed by atoms with Crippen LogP contribution in [0, 0.1) is 0 Å². The van der Waals surface area contributed by atoms with Crippen molar-refractivity contribution in [3.63, 3.8) is 0 Å². The van der Waals surface area contributed by atoms with E-state index < -0.39 is 29.6 Å². The average molecular weight is 515 g/mol. The first kappa shape index (κ1) is 24.5. The SMILES string of the molecule is [O-][S+](NC1=CCC[C@H](N2c3ccccc3CCc3ccccc32)[C@@H]1O)c1ccc(OC(F)(F)F)cc1. The molecule has 5 nitrogen and oxygen atoms in total. The Kier molecular flexibility index (Phi) is 6.87. The molecule has 1 unspecified atom stereocenters. The van der Waals surface area contributed by atoms with Gasteiger partial charge < -0.3 is 19.3 Å². The van der Waals surface area contributed by atoms with Gasteiger partial charge in [-0.2, -0.15) is 0 Å². The largest absolute Gasteiger partial charge is 0.588 e. The second-order valence-electron chi connectivity index (χ2n) is 8.77. The summed E-state index contributed by atoms with van der Waals surface area (Å²) in [5.41, 5.74) is 4.94. The molecule has 3 aromatic rings. The van der Waals surface area contributed by atoms with E-state index in [0.717, 1.165) is 36.3 Å². The van der Waals surface area contributed by atoms with Gasteiger partial charge in [0.1, 0.15) is 23.2 Å². The lowest BCUT2D eigenvalue weighted by atomic mass is 9.93. The maximum atomic E-state index is 13.0. The summed E-state index contributed by atoms with van der Waals surface area (Å²) < 4.78 is 57.0. The first-order valence-corrected chi connectivity index (χ1v) is 12.8. The van der Waals surface area contributed by atoms with Crippen LogP contribution in [0.25, 0.3) is 0 Å². The fraction of sp³-hybridized carbons (Fsp3) is 0.259. The van der Waals surface area contributed by atoms with E-state index in [0.29, 0.717) is 18.5 Å². The maximum absolute atomic E-state index is 13.0. The van der Waals surface area contributed by atoms with Gasteiger partial charge in [-0.1, -0.05) is 42.5 Å². The second-order valence-corrected chi connectivity index (χ2v) is 9.98. The number of ether oxygens (including phenoxy) is 1. The molecule has 0 amide bonds. The standard InChI is InChI=1S/C27H25F3N2O3S/c28-27(29,30)35-20-14-16-21(17-15-20)36(34)31-22-8-5-11-25(26(22)33)32-23-9-3-1-6-18(23)12-13-19-7-2-4-10-24(19)32/h1-4,6-10,14-17,25-26,31,33H,5,11-13H2/t25-,26+,36?/m0/s1. The summed E-state index contributed by atoms with van der Waals surface area (Å²) in [6, 6.07) is 20.9. The molecule has 5 rings (SSSR count). The van der Waals surface area contributed by atoms with Crippen molar-refractivity contribution in [3.05, 3.63) is 95.7 Å². The number of alkyl halides is 3. The Balaban J connectivity index is 1.38. The number of anilines is 2. The summed E-state index contributed by atoms with van der Waals surface area (Å²) in [6.45, 7) is 0. The molecule has 36 heavy (non-hydrogen) atoms. The van der Waals surface area contributed by atoms with Crippen LogP contribution in [0.1, 0.15) is 24.0 Å².